The fourth-order valence-electron chi connectivity index (χ4n) is 2.11. The van der Waals surface area contributed by atoms with Gasteiger partial charge in [-0.3, -0.25) is 4.79 Å². The molecule has 2 aromatic rings. The minimum absolute atomic E-state index is 0.170. The Morgan fingerprint density at radius 2 is 1.86 bits per heavy atom. The van der Waals surface area contributed by atoms with Crippen molar-refractivity contribution in [2.75, 3.05) is 19.5 Å². The summed E-state index contributed by atoms with van der Waals surface area (Å²) < 4.78 is 5.24. The van der Waals surface area contributed by atoms with Crippen molar-refractivity contribution in [3.63, 3.8) is 0 Å². The quantitative estimate of drug-likeness (QED) is 0.887. The van der Waals surface area contributed by atoms with E-state index in [1.807, 2.05) is 50.4 Å². The Kier molecular flexibility index (Phi) is 4.95. The fourth-order valence-corrected chi connectivity index (χ4v) is 2.11. The molecule has 0 fully saturated rings. The van der Waals surface area contributed by atoms with Gasteiger partial charge in [-0.05, 0) is 43.8 Å². The second-order valence-electron chi connectivity index (χ2n) is 4.89. The lowest BCUT2D eigenvalue weighted by molar-refractivity contribution is 0.102. The third-order valence-electron chi connectivity index (χ3n) is 3.19. The maximum atomic E-state index is 12.4. The van der Waals surface area contributed by atoms with Gasteiger partial charge in [0.15, 0.2) is 0 Å². The summed E-state index contributed by atoms with van der Waals surface area (Å²) in [5.41, 5.74) is 3.49. The van der Waals surface area contributed by atoms with Gasteiger partial charge in [0.1, 0.15) is 5.75 Å². The van der Waals surface area contributed by atoms with E-state index in [1.165, 1.54) is 5.56 Å². The Morgan fingerprint density at radius 1 is 1.14 bits per heavy atom. The summed E-state index contributed by atoms with van der Waals surface area (Å²) in [6.45, 7) is 2.75. The van der Waals surface area contributed by atoms with Crippen molar-refractivity contribution in [1.29, 1.82) is 0 Å². The standard InChI is InChI=1S/C17H20N2O2/c1-12-4-9-16(21-3)15(10-12)17(20)19-14-7-5-13(6-8-14)11-18-2/h4-10,18H,11H2,1-3H3,(H,19,20). The van der Waals surface area contributed by atoms with Crippen molar-refractivity contribution in [3.05, 3.63) is 59.2 Å². The van der Waals surface area contributed by atoms with Gasteiger partial charge in [0, 0.05) is 12.2 Å². The van der Waals surface area contributed by atoms with Crippen LogP contribution < -0.4 is 15.4 Å². The highest BCUT2D eigenvalue weighted by molar-refractivity contribution is 6.06. The number of nitrogens with one attached hydrogen (secondary N) is 2. The van der Waals surface area contributed by atoms with Gasteiger partial charge < -0.3 is 15.4 Å². The van der Waals surface area contributed by atoms with Crippen LogP contribution in [0.5, 0.6) is 5.75 Å². The molecular formula is C17H20N2O2. The smallest absolute Gasteiger partial charge is 0.259 e. The second-order valence-corrected chi connectivity index (χ2v) is 4.89. The average Bonchev–Trinajstić information content (AvgIpc) is 2.49. The number of carbonyl (C=O) groups excluding carboxylic acids is 1. The van der Waals surface area contributed by atoms with Crippen LogP contribution in [0.4, 0.5) is 5.69 Å². The van der Waals surface area contributed by atoms with Crippen LogP contribution in [0.15, 0.2) is 42.5 Å². The van der Waals surface area contributed by atoms with Gasteiger partial charge in [-0.2, -0.15) is 0 Å². The Labute approximate surface area is 125 Å². The first-order chi connectivity index (χ1) is 10.1. The van der Waals surface area contributed by atoms with Gasteiger partial charge in [0.05, 0.1) is 12.7 Å². The summed E-state index contributed by atoms with van der Waals surface area (Å²) in [4.78, 5) is 12.4. The van der Waals surface area contributed by atoms with Gasteiger partial charge in [-0.15, -0.1) is 0 Å². The molecule has 0 heterocycles. The predicted octanol–water partition coefficient (Wildman–Crippen LogP) is 2.98. The van der Waals surface area contributed by atoms with Crippen molar-refractivity contribution in [1.82, 2.24) is 5.32 Å². The van der Waals surface area contributed by atoms with Crippen molar-refractivity contribution in [2.45, 2.75) is 13.5 Å². The van der Waals surface area contributed by atoms with E-state index in [0.717, 1.165) is 17.8 Å². The fraction of sp³-hybridized carbons (Fsp3) is 0.235. The van der Waals surface area contributed by atoms with E-state index in [0.29, 0.717) is 11.3 Å². The van der Waals surface area contributed by atoms with Crippen LogP contribution in [0, 0.1) is 6.92 Å². The number of carbonyl (C=O) groups is 1. The number of aryl methyl sites for hydroxylation is 1. The van der Waals surface area contributed by atoms with Crippen LogP contribution >= 0.6 is 0 Å². The zero-order valence-electron chi connectivity index (χ0n) is 12.6. The number of benzene rings is 2. The number of amides is 1. The molecule has 0 atom stereocenters. The van der Waals surface area contributed by atoms with Crippen molar-refractivity contribution < 1.29 is 9.53 Å². The molecule has 0 aromatic heterocycles. The van der Waals surface area contributed by atoms with Gasteiger partial charge in [-0.1, -0.05) is 23.8 Å². The van der Waals surface area contributed by atoms with Gasteiger partial charge in [0.2, 0.25) is 0 Å². The van der Waals surface area contributed by atoms with Crippen molar-refractivity contribution in [2.24, 2.45) is 0 Å². The van der Waals surface area contributed by atoms with Gasteiger partial charge >= 0.3 is 0 Å². The van der Waals surface area contributed by atoms with E-state index in [4.69, 9.17) is 4.74 Å². The van der Waals surface area contributed by atoms with Crippen LogP contribution in [-0.2, 0) is 6.54 Å². The molecule has 0 aliphatic heterocycles. The maximum absolute atomic E-state index is 12.4. The largest absolute Gasteiger partial charge is 0.496 e. The Hall–Kier alpha value is -2.33. The molecule has 2 rings (SSSR count). The summed E-state index contributed by atoms with van der Waals surface area (Å²) in [6.07, 6.45) is 0. The van der Waals surface area contributed by atoms with Crippen LogP contribution in [0.3, 0.4) is 0 Å². The van der Waals surface area contributed by atoms with Gasteiger partial charge in [0.25, 0.3) is 5.91 Å². The summed E-state index contributed by atoms with van der Waals surface area (Å²) in [5.74, 6) is 0.404. The molecule has 0 spiro atoms. The highest BCUT2D eigenvalue weighted by Gasteiger charge is 2.12. The predicted molar refractivity (Wildman–Crippen MR) is 84.9 cm³/mol. The third kappa shape index (κ3) is 3.83. The molecule has 0 radical (unpaired) electrons. The Balaban J connectivity index is 2.15. The number of hydrogen-bond acceptors (Lipinski definition) is 3. The van der Waals surface area contributed by atoms with E-state index < -0.39 is 0 Å². The number of rotatable bonds is 5. The molecule has 0 aliphatic carbocycles. The molecule has 0 unspecified atom stereocenters. The Bertz CT molecular complexity index is 621. The maximum Gasteiger partial charge on any atom is 0.259 e. The molecular weight excluding hydrogens is 264 g/mol. The summed E-state index contributed by atoms with van der Waals surface area (Å²) in [5, 5.41) is 5.98. The number of anilines is 1. The van der Waals surface area contributed by atoms with Crippen molar-refractivity contribution >= 4 is 11.6 Å². The SMILES string of the molecule is CNCc1ccc(NC(=O)c2cc(C)ccc2OC)cc1. The monoisotopic (exact) mass is 284 g/mol. The van der Waals surface area contributed by atoms with Crippen molar-refractivity contribution in [3.8, 4) is 5.75 Å². The normalized spacial score (nSPS) is 10.2. The number of hydrogen-bond donors (Lipinski definition) is 2. The molecule has 110 valence electrons. The first kappa shape index (κ1) is 15.1. The van der Waals surface area contributed by atoms with E-state index in [1.54, 1.807) is 13.2 Å². The second kappa shape index (κ2) is 6.90. The molecule has 4 nitrogen and oxygen atoms in total. The molecule has 2 N–H and O–H groups in total. The lowest BCUT2D eigenvalue weighted by Crippen LogP contribution is -2.13. The van der Waals surface area contributed by atoms with Crippen LogP contribution in [0.25, 0.3) is 0 Å². The highest BCUT2D eigenvalue weighted by atomic mass is 16.5. The molecule has 0 saturated heterocycles. The molecule has 0 bridgehead atoms. The molecule has 0 saturated carbocycles. The first-order valence-corrected chi connectivity index (χ1v) is 6.83. The molecule has 21 heavy (non-hydrogen) atoms. The minimum Gasteiger partial charge on any atom is -0.496 e. The topological polar surface area (TPSA) is 50.4 Å². The lowest BCUT2D eigenvalue weighted by Gasteiger charge is -2.10. The summed E-state index contributed by atoms with van der Waals surface area (Å²) in [6, 6.07) is 13.3. The molecule has 0 aliphatic rings. The van der Waals surface area contributed by atoms with E-state index in [-0.39, 0.29) is 5.91 Å². The van der Waals surface area contributed by atoms with E-state index in [2.05, 4.69) is 10.6 Å². The van der Waals surface area contributed by atoms with Crippen LogP contribution in [0.1, 0.15) is 21.5 Å². The molecule has 2 aromatic carbocycles. The third-order valence-corrected chi connectivity index (χ3v) is 3.19. The summed E-state index contributed by atoms with van der Waals surface area (Å²) >= 11 is 0. The zero-order chi connectivity index (χ0) is 15.2. The Morgan fingerprint density at radius 3 is 2.48 bits per heavy atom. The lowest BCUT2D eigenvalue weighted by atomic mass is 10.1. The summed E-state index contributed by atoms with van der Waals surface area (Å²) in [7, 11) is 3.47. The average molecular weight is 284 g/mol. The van der Waals surface area contributed by atoms with E-state index in [9.17, 15) is 4.79 Å². The van der Waals surface area contributed by atoms with Gasteiger partial charge in [-0.25, -0.2) is 0 Å². The van der Waals surface area contributed by atoms with E-state index >= 15 is 0 Å². The first-order valence-electron chi connectivity index (χ1n) is 6.83. The zero-order valence-corrected chi connectivity index (χ0v) is 12.6. The highest BCUT2D eigenvalue weighted by Crippen LogP contribution is 2.21. The van der Waals surface area contributed by atoms with Crippen LogP contribution in [-0.4, -0.2) is 20.1 Å². The van der Waals surface area contributed by atoms with Crippen LogP contribution in [0.2, 0.25) is 0 Å². The molecule has 1 amide bonds. The minimum atomic E-state index is -0.170. The molecule has 4 heteroatoms. The number of methoxy groups -OCH3 is 1. The number of ether oxygens (including phenoxy) is 1.